The molecule has 0 spiro atoms. The maximum atomic E-state index is 13.9. The SMILES string of the molecule is CCOc1ccc(C(=O)N(Cc2ccccc2)Cc2ccccc2)cc1COc1ccccc1C(C)(C)C. The highest BCUT2D eigenvalue weighted by Crippen LogP contribution is 2.32. The van der Waals surface area contributed by atoms with Crippen LogP contribution in [0.2, 0.25) is 0 Å². The van der Waals surface area contributed by atoms with Crippen LogP contribution >= 0.6 is 0 Å². The van der Waals surface area contributed by atoms with Crippen LogP contribution in [-0.4, -0.2) is 17.4 Å². The molecule has 38 heavy (non-hydrogen) atoms. The summed E-state index contributed by atoms with van der Waals surface area (Å²) in [6.07, 6.45) is 0. The molecule has 0 fully saturated rings. The number of benzene rings is 4. The predicted octanol–water partition coefficient (Wildman–Crippen LogP) is 7.80. The van der Waals surface area contributed by atoms with Gasteiger partial charge in [-0.25, -0.2) is 0 Å². The maximum absolute atomic E-state index is 13.9. The van der Waals surface area contributed by atoms with Gasteiger partial charge in [-0.2, -0.15) is 0 Å². The van der Waals surface area contributed by atoms with Crippen molar-refractivity contribution in [1.29, 1.82) is 0 Å². The van der Waals surface area contributed by atoms with Crippen LogP contribution in [0.15, 0.2) is 103 Å². The van der Waals surface area contributed by atoms with Crippen LogP contribution in [0.4, 0.5) is 0 Å². The minimum absolute atomic E-state index is 0.0305. The van der Waals surface area contributed by atoms with E-state index < -0.39 is 0 Å². The normalized spacial score (nSPS) is 11.2. The predicted molar refractivity (Wildman–Crippen MR) is 154 cm³/mol. The topological polar surface area (TPSA) is 38.8 Å². The average molecular weight is 508 g/mol. The fourth-order valence-corrected chi connectivity index (χ4v) is 4.48. The van der Waals surface area contributed by atoms with Gasteiger partial charge >= 0.3 is 0 Å². The molecule has 0 atom stereocenters. The molecule has 0 heterocycles. The number of ether oxygens (including phenoxy) is 2. The molecule has 0 bridgehead atoms. The number of carbonyl (C=O) groups excluding carboxylic acids is 1. The first-order valence-corrected chi connectivity index (χ1v) is 13.2. The molecule has 1 amide bonds. The van der Waals surface area contributed by atoms with Crippen LogP contribution in [-0.2, 0) is 25.1 Å². The molecule has 4 aromatic carbocycles. The second kappa shape index (κ2) is 12.5. The van der Waals surface area contributed by atoms with E-state index >= 15 is 0 Å². The second-order valence-electron chi connectivity index (χ2n) is 10.4. The second-order valence-corrected chi connectivity index (χ2v) is 10.4. The Morgan fingerprint density at radius 2 is 1.29 bits per heavy atom. The van der Waals surface area contributed by atoms with E-state index in [4.69, 9.17) is 9.47 Å². The van der Waals surface area contributed by atoms with Gasteiger partial charge in [0.05, 0.1) is 6.61 Å². The highest BCUT2D eigenvalue weighted by molar-refractivity contribution is 5.94. The monoisotopic (exact) mass is 507 g/mol. The van der Waals surface area contributed by atoms with E-state index in [1.165, 1.54) is 0 Å². The summed E-state index contributed by atoms with van der Waals surface area (Å²) in [6, 6.07) is 34.0. The van der Waals surface area contributed by atoms with Crippen LogP contribution in [0.1, 0.15) is 60.3 Å². The van der Waals surface area contributed by atoms with Crippen molar-refractivity contribution in [2.75, 3.05) is 6.61 Å². The number of nitrogens with zero attached hydrogens (tertiary/aromatic N) is 1. The molecule has 0 N–H and O–H groups in total. The van der Waals surface area contributed by atoms with Crippen LogP contribution in [0, 0.1) is 0 Å². The molecule has 4 nitrogen and oxygen atoms in total. The largest absolute Gasteiger partial charge is 0.493 e. The van der Waals surface area contributed by atoms with Crippen molar-refractivity contribution in [3.63, 3.8) is 0 Å². The van der Waals surface area contributed by atoms with Gasteiger partial charge < -0.3 is 14.4 Å². The average Bonchev–Trinajstić information content (AvgIpc) is 2.93. The summed E-state index contributed by atoms with van der Waals surface area (Å²) in [6.45, 7) is 10.4. The fraction of sp³-hybridized carbons (Fsp3) is 0.265. The van der Waals surface area contributed by atoms with Gasteiger partial charge in [-0.15, -0.1) is 0 Å². The Morgan fingerprint density at radius 3 is 1.87 bits per heavy atom. The molecule has 4 rings (SSSR count). The van der Waals surface area contributed by atoms with Gasteiger partial charge in [-0.1, -0.05) is 99.6 Å². The zero-order valence-corrected chi connectivity index (χ0v) is 22.8. The Hall–Kier alpha value is -4.05. The van der Waals surface area contributed by atoms with Gasteiger partial charge in [0.2, 0.25) is 0 Å². The van der Waals surface area contributed by atoms with E-state index in [0.29, 0.717) is 31.9 Å². The van der Waals surface area contributed by atoms with Crippen molar-refractivity contribution in [1.82, 2.24) is 4.90 Å². The Balaban J connectivity index is 1.62. The van der Waals surface area contributed by atoms with E-state index in [9.17, 15) is 4.79 Å². The van der Waals surface area contributed by atoms with E-state index in [-0.39, 0.29) is 11.3 Å². The zero-order valence-electron chi connectivity index (χ0n) is 22.8. The first-order chi connectivity index (χ1) is 18.3. The van der Waals surface area contributed by atoms with Gasteiger partial charge in [0.25, 0.3) is 5.91 Å². The molecule has 0 radical (unpaired) electrons. The summed E-state index contributed by atoms with van der Waals surface area (Å²) in [5.74, 6) is 1.54. The van der Waals surface area contributed by atoms with Gasteiger partial charge in [-0.05, 0) is 53.3 Å². The minimum atomic E-state index is -0.0491. The zero-order chi connectivity index (χ0) is 27.0. The maximum Gasteiger partial charge on any atom is 0.254 e. The highest BCUT2D eigenvalue weighted by atomic mass is 16.5. The number of carbonyl (C=O) groups is 1. The summed E-state index contributed by atoms with van der Waals surface area (Å²) in [5, 5.41) is 0. The quantitative estimate of drug-likeness (QED) is 0.220. The van der Waals surface area contributed by atoms with Crippen LogP contribution in [0.25, 0.3) is 0 Å². The van der Waals surface area contributed by atoms with E-state index in [2.05, 4.69) is 51.1 Å². The lowest BCUT2D eigenvalue weighted by atomic mass is 9.86. The van der Waals surface area contributed by atoms with Crippen molar-refractivity contribution >= 4 is 5.91 Å². The van der Waals surface area contributed by atoms with Crippen molar-refractivity contribution in [3.8, 4) is 11.5 Å². The molecule has 0 aliphatic rings. The van der Waals surface area contributed by atoms with Gasteiger partial charge in [-0.3, -0.25) is 4.79 Å². The molecule has 0 aliphatic carbocycles. The third kappa shape index (κ3) is 7.04. The molecule has 0 saturated heterocycles. The smallest absolute Gasteiger partial charge is 0.254 e. The van der Waals surface area contributed by atoms with E-state index in [0.717, 1.165) is 33.8 Å². The van der Waals surface area contributed by atoms with Crippen molar-refractivity contribution in [2.24, 2.45) is 0 Å². The highest BCUT2D eigenvalue weighted by Gasteiger charge is 2.21. The molecule has 4 aromatic rings. The number of para-hydroxylation sites is 1. The number of hydrogen-bond donors (Lipinski definition) is 0. The van der Waals surface area contributed by atoms with Crippen LogP contribution < -0.4 is 9.47 Å². The van der Waals surface area contributed by atoms with Crippen molar-refractivity contribution in [2.45, 2.75) is 52.8 Å². The van der Waals surface area contributed by atoms with Crippen LogP contribution in [0.3, 0.4) is 0 Å². The number of rotatable bonds is 10. The molecular formula is C34H37NO3. The molecule has 0 aromatic heterocycles. The van der Waals surface area contributed by atoms with E-state index in [1.807, 2.05) is 84.6 Å². The molecule has 196 valence electrons. The summed E-state index contributed by atoms with van der Waals surface area (Å²) in [4.78, 5) is 15.8. The lowest BCUT2D eigenvalue weighted by Crippen LogP contribution is -2.30. The summed E-state index contributed by atoms with van der Waals surface area (Å²) in [7, 11) is 0. The molecule has 0 aliphatic heterocycles. The first kappa shape index (κ1) is 27.0. The lowest BCUT2D eigenvalue weighted by molar-refractivity contribution is 0.0729. The third-order valence-corrected chi connectivity index (χ3v) is 6.41. The molecular weight excluding hydrogens is 470 g/mol. The van der Waals surface area contributed by atoms with Gasteiger partial charge in [0.1, 0.15) is 18.1 Å². The summed E-state index contributed by atoms with van der Waals surface area (Å²) < 4.78 is 12.2. The van der Waals surface area contributed by atoms with Gasteiger partial charge in [0.15, 0.2) is 0 Å². The Morgan fingerprint density at radius 1 is 0.711 bits per heavy atom. The number of amides is 1. The van der Waals surface area contributed by atoms with E-state index in [1.54, 1.807) is 0 Å². The molecule has 0 saturated carbocycles. The third-order valence-electron chi connectivity index (χ3n) is 6.41. The lowest BCUT2D eigenvalue weighted by Gasteiger charge is -2.24. The fourth-order valence-electron chi connectivity index (χ4n) is 4.48. The Kier molecular flexibility index (Phi) is 8.85. The standard InChI is InChI=1S/C34H37NO3/c1-5-37-31-21-20-28(22-29(31)25-38-32-19-13-12-18-30(32)34(2,3)4)33(36)35(23-26-14-8-6-9-15-26)24-27-16-10-7-11-17-27/h6-22H,5,23-25H2,1-4H3. The summed E-state index contributed by atoms with van der Waals surface area (Å²) >= 11 is 0. The first-order valence-electron chi connectivity index (χ1n) is 13.2. The Labute approximate surface area is 226 Å². The minimum Gasteiger partial charge on any atom is -0.493 e. The number of hydrogen-bond acceptors (Lipinski definition) is 3. The molecule has 0 unspecified atom stereocenters. The summed E-state index contributed by atoms with van der Waals surface area (Å²) in [5.41, 5.74) is 4.73. The van der Waals surface area contributed by atoms with Gasteiger partial charge in [0, 0.05) is 24.2 Å². The van der Waals surface area contributed by atoms with Crippen molar-refractivity contribution in [3.05, 3.63) is 131 Å². The van der Waals surface area contributed by atoms with Crippen molar-refractivity contribution < 1.29 is 14.3 Å². The Bertz CT molecular complexity index is 1290. The molecule has 4 heteroatoms. The van der Waals surface area contributed by atoms with Crippen LogP contribution in [0.5, 0.6) is 11.5 Å².